The smallest absolute Gasteiger partial charge is 0.330 e. The SMILES string of the molecule is CCOC(=O)C=C(C)/C=C/C=C(\C)c1ccc2c(c1)C(S(=O)c1ccccc1)=CCC2(C)C. The summed E-state index contributed by atoms with van der Waals surface area (Å²) >= 11 is 0. The molecule has 0 spiro atoms. The molecule has 1 unspecified atom stereocenters. The molecule has 0 saturated heterocycles. The Morgan fingerprint density at radius 2 is 1.85 bits per heavy atom. The van der Waals surface area contributed by atoms with Crippen LogP contribution in [-0.2, 0) is 25.7 Å². The highest BCUT2D eigenvalue weighted by atomic mass is 32.2. The van der Waals surface area contributed by atoms with Crippen LogP contribution in [0.1, 0.15) is 57.7 Å². The number of ether oxygens (including phenoxy) is 1. The Labute approximate surface area is 200 Å². The Morgan fingerprint density at radius 1 is 1.12 bits per heavy atom. The number of esters is 1. The zero-order chi connectivity index (χ0) is 24.0. The van der Waals surface area contributed by atoms with Crippen LogP contribution in [0.2, 0.25) is 0 Å². The lowest BCUT2D eigenvalue weighted by Crippen LogP contribution is -2.22. The Bertz CT molecular complexity index is 1160. The Morgan fingerprint density at radius 3 is 2.55 bits per heavy atom. The Hall–Kier alpha value is -2.98. The van der Waals surface area contributed by atoms with Crippen molar-refractivity contribution >= 4 is 27.2 Å². The summed E-state index contributed by atoms with van der Waals surface area (Å²) in [5, 5.41) is 0. The van der Waals surface area contributed by atoms with Gasteiger partial charge in [0.2, 0.25) is 0 Å². The van der Waals surface area contributed by atoms with Gasteiger partial charge in [-0.1, -0.05) is 68.5 Å². The molecule has 0 aromatic heterocycles. The first-order valence-corrected chi connectivity index (χ1v) is 12.4. The summed E-state index contributed by atoms with van der Waals surface area (Å²) in [4.78, 5) is 13.3. The number of hydrogen-bond donors (Lipinski definition) is 0. The highest BCUT2D eigenvalue weighted by molar-refractivity contribution is 7.94. The van der Waals surface area contributed by atoms with Gasteiger partial charge in [-0.2, -0.15) is 0 Å². The molecule has 2 aromatic rings. The van der Waals surface area contributed by atoms with E-state index in [-0.39, 0.29) is 11.4 Å². The fourth-order valence-electron chi connectivity index (χ4n) is 3.86. The van der Waals surface area contributed by atoms with Crippen molar-refractivity contribution in [1.82, 2.24) is 0 Å². The van der Waals surface area contributed by atoms with Crippen molar-refractivity contribution in [3.05, 3.63) is 101 Å². The van der Waals surface area contributed by atoms with E-state index in [0.717, 1.165) is 38.5 Å². The van der Waals surface area contributed by atoms with Crippen molar-refractivity contribution in [2.45, 2.75) is 51.3 Å². The lowest BCUT2D eigenvalue weighted by Gasteiger charge is -2.32. The van der Waals surface area contributed by atoms with Gasteiger partial charge in [0.05, 0.1) is 17.4 Å². The molecule has 1 atom stereocenters. The van der Waals surface area contributed by atoms with Gasteiger partial charge < -0.3 is 4.74 Å². The van der Waals surface area contributed by atoms with Crippen LogP contribution in [0.15, 0.2) is 89.4 Å². The highest BCUT2D eigenvalue weighted by Gasteiger charge is 2.30. The number of carbonyl (C=O) groups excluding carboxylic acids is 1. The third-order valence-electron chi connectivity index (χ3n) is 5.76. The average molecular weight is 461 g/mol. The number of carbonyl (C=O) groups is 1. The molecular formula is C29H32O3S. The maximum absolute atomic E-state index is 13.4. The van der Waals surface area contributed by atoms with Crippen LogP contribution in [0, 0.1) is 0 Å². The summed E-state index contributed by atoms with van der Waals surface area (Å²) in [5.74, 6) is -0.330. The molecule has 0 amide bonds. The van der Waals surface area contributed by atoms with Crippen molar-refractivity contribution < 1.29 is 13.7 Å². The van der Waals surface area contributed by atoms with Gasteiger partial charge in [-0.15, -0.1) is 0 Å². The minimum Gasteiger partial charge on any atom is -0.463 e. The predicted octanol–water partition coefficient (Wildman–Crippen LogP) is 6.99. The molecule has 4 heteroatoms. The van der Waals surface area contributed by atoms with Crippen molar-refractivity contribution in [2.24, 2.45) is 0 Å². The van der Waals surface area contributed by atoms with Crippen LogP contribution in [-0.4, -0.2) is 16.8 Å². The lowest BCUT2D eigenvalue weighted by molar-refractivity contribution is -0.137. The van der Waals surface area contributed by atoms with E-state index in [1.807, 2.05) is 55.5 Å². The van der Waals surface area contributed by atoms with Crippen molar-refractivity contribution in [3.63, 3.8) is 0 Å². The zero-order valence-corrected chi connectivity index (χ0v) is 20.9. The molecule has 0 bridgehead atoms. The fraction of sp³-hybridized carbons (Fsp3) is 0.276. The molecule has 1 aliphatic rings. The molecular weight excluding hydrogens is 428 g/mol. The quantitative estimate of drug-likeness (QED) is 0.254. The minimum atomic E-state index is -1.23. The van der Waals surface area contributed by atoms with Crippen LogP contribution in [0.3, 0.4) is 0 Å². The molecule has 0 heterocycles. The van der Waals surface area contributed by atoms with Gasteiger partial charge in [0.1, 0.15) is 0 Å². The van der Waals surface area contributed by atoms with Crippen LogP contribution in [0.4, 0.5) is 0 Å². The molecule has 1 aliphatic carbocycles. The second-order valence-corrected chi connectivity index (χ2v) is 10.3. The van der Waals surface area contributed by atoms with Gasteiger partial charge in [0, 0.05) is 15.9 Å². The fourth-order valence-corrected chi connectivity index (χ4v) is 5.12. The Balaban J connectivity index is 1.92. The number of allylic oxidation sites excluding steroid dienone is 6. The van der Waals surface area contributed by atoms with Crippen molar-refractivity contribution in [3.8, 4) is 0 Å². The molecule has 2 aromatic carbocycles. The third kappa shape index (κ3) is 6.08. The predicted molar refractivity (Wildman–Crippen MR) is 138 cm³/mol. The Kier molecular flexibility index (Phi) is 8.04. The first-order valence-electron chi connectivity index (χ1n) is 11.2. The van der Waals surface area contributed by atoms with E-state index in [1.165, 1.54) is 11.6 Å². The average Bonchev–Trinajstić information content (AvgIpc) is 2.79. The highest BCUT2D eigenvalue weighted by Crippen LogP contribution is 2.42. The second kappa shape index (κ2) is 10.8. The molecule has 0 aliphatic heterocycles. The monoisotopic (exact) mass is 460 g/mol. The van der Waals surface area contributed by atoms with Crippen LogP contribution >= 0.6 is 0 Å². The van der Waals surface area contributed by atoms with E-state index < -0.39 is 10.8 Å². The first-order chi connectivity index (χ1) is 15.7. The molecule has 33 heavy (non-hydrogen) atoms. The van der Waals surface area contributed by atoms with Gasteiger partial charge in [-0.05, 0) is 78.6 Å². The summed E-state index contributed by atoms with van der Waals surface area (Å²) in [6.07, 6.45) is 10.3. The largest absolute Gasteiger partial charge is 0.463 e. The summed E-state index contributed by atoms with van der Waals surface area (Å²) in [6.45, 7) is 10.5. The normalized spacial score (nSPS) is 16.8. The van der Waals surface area contributed by atoms with Crippen LogP contribution in [0.5, 0.6) is 0 Å². The van der Waals surface area contributed by atoms with E-state index in [0.29, 0.717) is 6.61 Å². The number of rotatable bonds is 7. The maximum atomic E-state index is 13.4. The van der Waals surface area contributed by atoms with Gasteiger partial charge in [0.25, 0.3) is 0 Å². The molecule has 0 N–H and O–H groups in total. The van der Waals surface area contributed by atoms with Gasteiger partial charge in [-0.3, -0.25) is 0 Å². The van der Waals surface area contributed by atoms with Gasteiger partial charge in [-0.25, -0.2) is 9.00 Å². The maximum Gasteiger partial charge on any atom is 0.330 e. The standard InChI is InChI=1S/C29H32O3S/c1-6-32-28(30)19-21(2)11-10-12-22(3)23-15-16-26-25(20-23)27(17-18-29(26,4)5)33(31)24-13-8-7-9-14-24/h7-17,19-20H,6,18H2,1-5H3/b11-10+,21-19?,22-12+. The molecule has 0 radical (unpaired) electrons. The summed E-state index contributed by atoms with van der Waals surface area (Å²) in [5.41, 5.74) is 5.27. The topological polar surface area (TPSA) is 43.4 Å². The van der Waals surface area contributed by atoms with Crippen LogP contribution in [0.25, 0.3) is 10.5 Å². The van der Waals surface area contributed by atoms with Gasteiger partial charge >= 0.3 is 5.97 Å². The summed E-state index contributed by atoms with van der Waals surface area (Å²) < 4.78 is 18.4. The second-order valence-electron chi connectivity index (χ2n) is 8.85. The zero-order valence-electron chi connectivity index (χ0n) is 20.1. The van der Waals surface area contributed by atoms with Crippen molar-refractivity contribution in [2.75, 3.05) is 6.61 Å². The van der Waals surface area contributed by atoms with E-state index in [1.54, 1.807) is 6.92 Å². The van der Waals surface area contributed by atoms with Crippen molar-refractivity contribution in [1.29, 1.82) is 0 Å². The molecule has 0 saturated carbocycles. The van der Waals surface area contributed by atoms with Crippen LogP contribution < -0.4 is 0 Å². The number of hydrogen-bond acceptors (Lipinski definition) is 3. The summed E-state index contributed by atoms with van der Waals surface area (Å²) in [7, 11) is -1.23. The van der Waals surface area contributed by atoms with Gasteiger partial charge in [0.15, 0.2) is 0 Å². The molecule has 3 nitrogen and oxygen atoms in total. The van der Waals surface area contributed by atoms with E-state index >= 15 is 0 Å². The minimum absolute atomic E-state index is 0.00915. The first kappa shape index (κ1) is 24.7. The third-order valence-corrected chi connectivity index (χ3v) is 7.25. The molecule has 172 valence electrons. The van der Waals surface area contributed by atoms with E-state index in [4.69, 9.17) is 4.74 Å². The molecule has 3 rings (SSSR count). The van der Waals surface area contributed by atoms with E-state index in [9.17, 15) is 9.00 Å². The number of benzene rings is 2. The molecule has 0 fully saturated rings. The lowest BCUT2D eigenvalue weighted by atomic mass is 9.75. The summed E-state index contributed by atoms with van der Waals surface area (Å²) in [6, 6.07) is 16.1. The van der Waals surface area contributed by atoms with E-state index in [2.05, 4.69) is 45.0 Å². The number of fused-ring (bicyclic) bond motifs is 1.